The molecule has 1 saturated carbocycles. The first-order valence-electron chi connectivity index (χ1n) is 5.68. The normalized spacial score (nSPS) is 28.5. The number of aliphatic hydroxyl groups excluding tert-OH is 1. The third kappa shape index (κ3) is 1.49. The topological polar surface area (TPSA) is 46.2 Å². The zero-order chi connectivity index (χ0) is 11.1. The van der Waals surface area contributed by atoms with Crippen LogP contribution in [0, 0.1) is 22.7 Å². The molecule has 0 heterocycles. The minimum Gasteiger partial charge on any atom is -0.392 e. The maximum Gasteiger partial charge on any atom is 0.0619 e. The van der Waals surface area contributed by atoms with Gasteiger partial charge < -0.3 is 10.8 Å². The highest BCUT2D eigenvalue weighted by atomic mass is 16.3. The van der Waals surface area contributed by atoms with Crippen LogP contribution in [0.2, 0.25) is 0 Å². The number of aliphatic hydroxyl groups is 1. The smallest absolute Gasteiger partial charge is 0.0619 e. The van der Waals surface area contributed by atoms with Crippen LogP contribution in [0.4, 0.5) is 0 Å². The maximum atomic E-state index is 10.2. The monoisotopic (exact) mass is 199 g/mol. The van der Waals surface area contributed by atoms with E-state index in [1.165, 1.54) is 0 Å². The predicted octanol–water partition coefficient (Wildman–Crippen LogP) is 2.01. The van der Waals surface area contributed by atoms with Crippen molar-refractivity contribution in [3.63, 3.8) is 0 Å². The molecule has 1 aliphatic rings. The van der Waals surface area contributed by atoms with Crippen LogP contribution in [-0.4, -0.2) is 17.8 Å². The van der Waals surface area contributed by atoms with Gasteiger partial charge in [0.2, 0.25) is 0 Å². The summed E-state index contributed by atoms with van der Waals surface area (Å²) in [4.78, 5) is 0. The van der Waals surface area contributed by atoms with Gasteiger partial charge >= 0.3 is 0 Å². The third-order valence-electron chi connectivity index (χ3n) is 4.78. The van der Waals surface area contributed by atoms with Gasteiger partial charge in [0.15, 0.2) is 0 Å². The fourth-order valence-corrected chi connectivity index (χ4v) is 2.92. The van der Waals surface area contributed by atoms with Gasteiger partial charge in [-0.3, -0.25) is 0 Å². The van der Waals surface area contributed by atoms with Crippen LogP contribution in [0.3, 0.4) is 0 Å². The second kappa shape index (κ2) is 3.49. The summed E-state index contributed by atoms with van der Waals surface area (Å²) in [5, 5.41) is 10.2. The van der Waals surface area contributed by atoms with Gasteiger partial charge in [0.25, 0.3) is 0 Å². The Labute approximate surface area is 87.9 Å². The summed E-state index contributed by atoms with van der Waals surface area (Å²) in [5.41, 5.74) is 6.18. The standard InChI is InChI=1S/C12H25NO/c1-6-8(7-13)9(14)10-11(2,3)12(10,4)5/h8-10,14H,6-7,13H2,1-5H3. The molecule has 2 nitrogen and oxygen atoms in total. The molecule has 3 N–H and O–H groups in total. The largest absolute Gasteiger partial charge is 0.392 e. The molecule has 0 aromatic rings. The van der Waals surface area contributed by atoms with Crippen LogP contribution >= 0.6 is 0 Å². The highest BCUT2D eigenvalue weighted by molar-refractivity contribution is 5.15. The molecule has 2 heteroatoms. The molecule has 1 aliphatic carbocycles. The minimum absolute atomic E-state index is 0.227. The molecule has 0 aromatic heterocycles. The lowest BCUT2D eigenvalue weighted by molar-refractivity contribution is 0.0700. The summed E-state index contributed by atoms with van der Waals surface area (Å²) in [6.07, 6.45) is 0.746. The van der Waals surface area contributed by atoms with Gasteiger partial charge in [-0.15, -0.1) is 0 Å². The zero-order valence-electron chi connectivity index (χ0n) is 10.2. The fourth-order valence-electron chi connectivity index (χ4n) is 2.92. The summed E-state index contributed by atoms with van der Waals surface area (Å²) in [6, 6.07) is 0. The summed E-state index contributed by atoms with van der Waals surface area (Å²) in [5.74, 6) is 0.671. The van der Waals surface area contributed by atoms with Crippen molar-refractivity contribution in [2.75, 3.05) is 6.54 Å². The predicted molar refractivity (Wildman–Crippen MR) is 59.9 cm³/mol. The molecule has 0 aliphatic heterocycles. The molecule has 0 bridgehead atoms. The van der Waals surface area contributed by atoms with Crippen LogP contribution in [-0.2, 0) is 0 Å². The Morgan fingerprint density at radius 1 is 1.21 bits per heavy atom. The average molecular weight is 199 g/mol. The molecule has 2 atom stereocenters. The summed E-state index contributed by atoms with van der Waals surface area (Å²) in [7, 11) is 0. The lowest BCUT2D eigenvalue weighted by atomic mass is 9.92. The number of hydrogen-bond donors (Lipinski definition) is 2. The van der Waals surface area contributed by atoms with Gasteiger partial charge in [-0.1, -0.05) is 34.6 Å². The average Bonchev–Trinajstić information content (AvgIpc) is 2.44. The van der Waals surface area contributed by atoms with Crippen molar-refractivity contribution < 1.29 is 5.11 Å². The van der Waals surface area contributed by atoms with Gasteiger partial charge in [-0.05, 0) is 35.6 Å². The zero-order valence-corrected chi connectivity index (χ0v) is 10.2. The van der Waals surface area contributed by atoms with Crippen molar-refractivity contribution in [3.8, 4) is 0 Å². The SMILES string of the molecule is CCC(CN)C(O)C1C(C)(C)C1(C)C. The van der Waals surface area contributed by atoms with E-state index < -0.39 is 0 Å². The third-order valence-corrected chi connectivity index (χ3v) is 4.78. The Kier molecular flexibility index (Phi) is 2.99. The Morgan fingerprint density at radius 3 is 1.86 bits per heavy atom. The van der Waals surface area contributed by atoms with Crippen molar-refractivity contribution in [1.82, 2.24) is 0 Å². The molecule has 0 saturated heterocycles. The van der Waals surface area contributed by atoms with Gasteiger partial charge in [0, 0.05) is 0 Å². The van der Waals surface area contributed by atoms with E-state index in [-0.39, 0.29) is 22.9 Å². The summed E-state index contributed by atoms with van der Waals surface area (Å²) < 4.78 is 0. The summed E-state index contributed by atoms with van der Waals surface area (Å²) >= 11 is 0. The number of nitrogens with two attached hydrogens (primary N) is 1. The first-order chi connectivity index (χ1) is 6.30. The molecular formula is C12H25NO. The Morgan fingerprint density at radius 2 is 1.64 bits per heavy atom. The van der Waals surface area contributed by atoms with E-state index in [4.69, 9.17) is 5.73 Å². The van der Waals surface area contributed by atoms with Crippen LogP contribution in [0.25, 0.3) is 0 Å². The lowest BCUT2D eigenvalue weighted by Gasteiger charge is -2.21. The van der Waals surface area contributed by atoms with E-state index in [9.17, 15) is 5.11 Å². The van der Waals surface area contributed by atoms with Crippen LogP contribution < -0.4 is 5.73 Å². The maximum absolute atomic E-state index is 10.2. The highest BCUT2D eigenvalue weighted by Gasteiger charge is 2.67. The van der Waals surface area contributed by atoms with E-state index in [0.717, 1.165) is 6.42 Å². The summed E-state index contributed by atoms with van der Waals surface area (Å²) in [6.45, 7) is 11.7. The van der Waals surface area contributed by atoms with Crippen molar-refractivity contribution in [3.05, 3.63) is 0 Å². The highest BCUT2D eigenvalue weighted by Crippen LogP contribution is 2.70. The van der Waals surface area contributed by atoms with Crippen molar-refractivity contribution >= 4 is 0 Å². The Bertz CT molecular complexity index is 192. The molecule has 0 spiro atoms. The molecule has 0 amide bonds. The molecule has 84 valence electrons. The van der Waals surface area contributed by atoms with E-state index >= 15 is 0 Å². The quantitative estimate of drug-likeness (QED) is 0.727. The second-order valence-corrected chi connectivity index (χ2v) is 5.82. The molecule has 1 fully saturated rings. The fraction of sp³-hybridized carbons (Fsp3) is 1.00. The van der Waals surface area contributed by atoms with Crippen LogP contribution in [0.1, 0.15) is 41.0 Å². The molecule has 0 aromatic carbocycles. The molecular weight excluding hydrogens is 174 g/mol. The molecule has 2 unspecified atom stereocenters. The molecule has 14 heavy (non-hydrogen) atoms. The van der Waals surface area contributed by atoms with E-state index in [0.29, 0.717) is 12.5 Å². The second-order valence-electron chi connectivity index (χ2n) is 5.82. The van der Waals surface area contributed by atoms with Crippen molar-refractivity contribution in [2.24, 2.45) is 28.4 Å². The van der Waals surface area contributed by atoms with Gasteiger partial charge in [0.05, 0.1) is 6.10 Å². The van der Waals surface area contributed by atoms with Crippen LogP contribution in [0.15, 0.2) is 0 Å². The minimum atomic E-state index is -0.227. The number of hydrogen-bond acceptors (Lipinski definition) is 2. The first-order valence-corrected chi connectivity index (χ1v) is 5.68. The lowest BCUT2D eigenvalue weighted by Crippen LogP contribution is -2.31. The Hall–Kier alpha value is -0.0800. The first kappa shape index (κ1) is 12.0. The van der Waals surface area contributed by atoms with Crippen molar-refractivity contribution in [2.45, 2.75) is 47.1 Å². The van der Waals surface area contributed by atoms with E-state index in [2.05, 4.69) is 34.6 Å². The van der Waals surface area contributed by atoms with Gasteiger partial charge in [-0.25, -0.2) is 0 Å². The van der Waals surface area contributed by atoms with E-state index in [1.807, 2.05) is 0 Å². The van der Waals surface area contributed by atoms with E-state index in [1.54, 1.807) is 0 Å². The molecule has 0 radical (unpaired) electrons. The van der Waals surface area contributed by atoms with Crippen molar-refractivity contribution in [1.29, 1.82) is 0 Å². The van der Waals surface area contributed by atoms with Gasteiger partial charge in [-0.2, -0.15) is 0 Å². The van der Waals surface area contributed by atoms with Gasteiger partial charge in [0.1, 0.15) is 0 Å². The Balaban J connectivity index is 2.69. The number of rotatable bonds is 4. The van der Waals surface area contributed by atoms with Crippen LogP contribution in [0.5, 0.6) is 0 Å². The molecule has 1 rings (SSSR count).